The molecule has 0 spiro atoms. The molecule has 132 valence electrons. The number of ether oxygens (including phenoxy) is 1. The van der Waals surface area contributed by atoms with Crippen LogP contribution in [0, 0.1) is 0 Å². The van der Waals surface area contributed by atoms with Crippen molar-refractivity contribution in [2.24, 2.45) is 0 Å². The van der Waals surface area contributed by atoms with Crippen molar-refractivity contribution < 1.29 is 14.9 Å². The van der Waals surface area contributed by atoms with E-state index in [9.17, 15) is 10.2 Å². The predicted molar refractivity (Wildman–Crippen MR) is 98.0 cm³/mol. The summed E-state index contributed by atoms with van der Waals surface area (Å²) in [5.74, 6) is 0. The fourth-order valence-electron chi connectivity index (χ4n) is 3.83. The molecule has 1 fully saturated rings. The predicted octanol–water partition coefficient (Wildman–Crippen LogP) is 3.60. The zero-order chi connectivity index (χ0) is 17.4. The van der Waals surface area contributed by atoms with Crippen molar-refractivity contribution in [3.63, 3.8) is 0 Å². The van der Waals surface area contributed by atoms with Crippen LogP contribution in [-0.4, -0.2) is 29.0 Å². The first-order valence-electron chi connectivity index (χ1n) is 8.96. The molecule has 4 heteroatoms. The van der Waals surface area contributed by atoms with E-state index in [1.54, 1.807) is 0 Å². The Morgan fingerprint density at radius 2 is 1.88 bits per heavy atom. The summed E-state index contributed by atoms with van der Waals surface area (Å²) in [6.45, 7) is -0.0663. The van der Waals surface area contributed by atoms with E-state index in [2.05, 4.69) is 24.3 Å². The molecule has 0 aromatic heterocycles. The maximum Gasteiger partial charge on any atom is 0.0854 e. The first kappa shape index (κ1) is 17.0. The zero-order valence-electron chi connectivity index (χ0n) is 14.1. The number of fused-ring (bicyclic) bond motifs is 1. The van der Waals surface area contributed by atoms with Gasteiger partial charge in [0.15, 0.2) is 0 Å². The summed E-state index contributed by atoms with van der Waals surface area (Å²) >= 11 is 6.42. The maximum atomic E-state index is 10.0. The highest BCUT2D eigenvalue weighted by Crippen LogP contribution is 2.34. The van der Waals surface area contributed by atoms with Gasteiger partial charge in [0.1, 0.15) is 0 Å². The van der Waals surface area contributed by atoms with Crippen LogP contribution in [0.2, 0.25) is 5.02 Å². The summed E-state index contributed by atoms with van der Waals surface area (Å²) in [5.41, 5.74) is 6.27. The lowest BCUT2D eigenvalue weighted by atomic mass is 9.86. The Labute approximate surface area is 153 Å². The standard InChI is InChI=1S/C21H23ClO3/c22-20-6-5-16(21-11-18(24)10-19(12-23)25-21)9-17(20)8-13-1-2-14-3-4-15(14)7-13/h1-2,5-7,9,18-19,21,23-24H,3-4,8,10-12H2. The smallest absolute Gasteiger partial charge is 0.0854 e. The largest absolute Gasteiger partial charge is 0.394 e. The molecule has 2 N–H and O–H groups in total. The molecule has 3 nitrogen and oxygen atoms in total. The Kier molecular flexibility index (Phi) is 4.83. The van der Waals surface area contributed by atoms with Gasteiger partial charge in [-0.05, 0) is 53.1 Å². The third kappa shape index (κ3) is 3.61. The topological polar surface area (TPSA) is 49.7 Å². The lowest BCUT2D eigenvalue weighted by Gasteiger charge is -2.32. The molecule has 0 saturated carbocycles. The second kappa shape index (κ2) is 7.08. The van der Waals surface area contributed by atoms with Gasteiger partial charge in [0.25, 0.3) is 0 Å². The average molecular weight is 359 g/mol. The summed E-state index contributed by atoms with van der Waals surface area (Å²) in [7, 11) is 0. The SMILES string of the molecule is OCC1CC(O)CC(c2ccc(Cl)c(Cc3ccc4c(c3)CC4)c2)O1. The fourth-order valence-corrected chi connectivity index (χ4v) is 4.02. The van der Waals surface area contributed by atoms with Gasteiger partial charge < -0.3 is 14.9 Å². The number of aliphatic hydroxyl groups excluding tert-OH is 2. The summed E-state index contributed by atoms with van der Waals surface area (Å²) in [6, 6.07) is 12.6. The van der Waals surface area contributed by atoms with Crippen molar-refractivity contribution >= 4 is 11.6 Å². The molecule has 2 aromatic carbocycles. The van der Waals surface area contributed by atoms with Gasteiger partial charge in [0.05, 0.1) is 24.9 Å². The molecule has 1 aliphatic carbocycles. The van der Waals surface area contributed by atoms with Crippen LogP contribution in [0.5, 0.6) is 0 Å². The van der Waals surface area contributed by atoms with Crippen molar-refractivity contribution in [1.82, 2.24) is 0 Å². The van der Waals surface area contributed by atoms with E-state index in [0.717, 1.165) is 22.6 Å². The molecule has 0 radical (unpaired) electrons. The van der Waals surface area contributed by atoms with Crippen LogP contribution in [0.3, 0.4) is 0 Å². The third-order valence-electron chi connectivity index (χ3n) is 5.35. The fraction of sp³-hybridized carbons (Fsp3) is 0.429. The molecule has 0 bridgehead atoms. The number of benzene rings is 2. The van der Waals surface area contributed by atoms with Crippen LogP contribution in [0.15, 0.2) is 36.4 Å². The Hall–Kier alpha value is -1.39. The monoisotopic (exact) mass is 358 g/mol. The van der Waals surface area contributed by atoms with Gasteiger partial charge in [-0.1, -0.05) is 41.9 Å². The minimum Gasteiger partial charge on any atom is -0.394 e. The van der Waals surface area contributed by atoms with Gasteiger partial charge >= 0.3 is 0 Å². The molecule has 0 amide bonds. The van der Waals surface area contributed by atoms with Crippen molar-refractivity contribution in [1.29, 1.82) is 0 Å². The van der Waals surface area contributed by atoms with E-state index in [-0.39, 0.29) is 18.8 Å². The van der Waals surface area contributed by atoms with E-state index >= 15 is 0 Å². The Balaban J connectivity index is 1.56. The number of hydrogen-bond acceptors (Lipinski definition) is 3. The first-order valence-corrected chi connectivity index (χ1v) is 9.33. The van der Waals surface area contributed by atoms with Crippen LogP contribution in [0.25, 0.3) is 0 Å². The van der Waals surface area contributed by atoms with E-state index in [0.29, 0.717) is 12.8 Å². The highest BCUT2D eigenvalue weighted by molar-refractivity contribution is 6.31. The number of halogens is 1. The Morgan fingerprint density at radius 1 is 1.04 bits per heavy atom. The number of aliphatic hydroxyl groups is 2. The molecule has 2 aliphatic rings. The van der Waals surface area contributed by atoms with Crippen molar-refractivity contribution in [3.05, 3.63) is 69.2 Å². The summed E-state index contributed by atoms with van der Waals surface area (Å²) in [5, 5.41) is 20.2. The number of aryl methyl sites for hydroxylation is 2. The normalized spacial score (nSPS) is 25.3. The summed E-state index contributed by atoms with van der Waals surface area (Å²) < 4.78 is 5.93. The quantitative estimate of drug-likeness (QED) is 0.877. The van der Waals surface area contributed by atoms with Gasteiger partial charge in [0.2, 0.25) is 0 Å². The number of hydrogen-bond donors (Lipinski definition) is 2. The van der Waals surface area contributed by atoms with Gasteiger partial charge in [-0.3, -0.25) is 0 Å². The van der Waals surface area contributed by atoms with E-state index in [1.807, 2.05) is 12.1 Å². The molecule has 3 atom stereocenters. The van der Waals surface area contributed by atoms with E-state index in [1.165, 1.54) is 29.5 Å². The molecule has 25 heavy (non-hydrogen) atoms. The minimum absolute atomic E-state index is 0.0663. The van der Waals surface area contributed by atoms with E-state index < -0.39 is 6.10 Å². The van der Waals surface area contributed by atoms with Gasteiger partial charge in [0, 0.05) is 17.9 Å². The molecule has 1 heterocycles. The summed E-state index contributed by atoms with van der Waals surface area (Å²) in [4.78, 5) is 0. The molecule has 3 unspecified atom stereocenters. The van der Waals surface area contributed by atoms with Crippen LogP contribution < -0.4 is 0 Å². The number of rotatable bonds is 4. The van der Waals surface area contributed by atoms with Crippen LogP contribution in [-0.2, 0) is 24.0 Å². The first-order chi connectivity index (χ1) is 12.1. The van der Waals surface area contributed by atoms with Crippen LogP contribution in [0.4, 0.5) is 0 Å². The maximum absolute atomic E-state index is 10.0. The molecular weight excluding hydrogens is 336 g/mol. The van der Waals surface area contributed by atoms with Gasteiger partial charge in [-0.25, -0.2) is 0 Å². The highest BCUT2D eigenvalue weighted by atomic mass is 35.5. The second-order valence-electron chi connectivity index (χ2n) is 7.19. The van der Waals surface area contributed by atoms with Crippen molar-refractivity contribution in [2.45, 2.75) is 50.4 Å². The van der Waals surface area contributed by atoms with Crippen molar-refractivity contribution in [2.75, 3.05) is 6.61 Å². The van der Waals surface area contributed by atoms with Crippen LogP contribution in [0.1, 0.15) is 46.8 Å². The Morgan fingerprint density at radius 3 is 2.60 bits per heavy atom. The molecule has 4 rings (SSSR count). The second-order valence-corrected chi connectivity index (χ2v) is 7.59. The van der Waals surface area contributed by atoms with Gasteiger partial charge in [-0.2, -0.15) is 0 Å². The molecule has 2 aromatic rings. The minimum atomic E-state index is -0.442. The lowest BCUT2D eigenvalue weighted by molar-refractivity contribution is -0.113. The average Bonchev–Trinajstić information content (AvgIpc) is 2.58. The Bertz CT molecular complexity index is 774. The van der Waals surface area contributed by atoms with Gasteiger partial charge in [-0.15, -0.1) is 0 Å². The van der Waals surface area contributed by atoms with E-state index in [4.69, 9.17) is 16.3 Å². The molecule has 1 saturated heterocycles. The van der Waals surface area contributed by atoms with Crippen molar-refractivity contribution in [3.8, 4) is 0 Å². The van der Waals surface area contributed by atoms with Crippen LogP contribution >= 0.6 is 11.6 Å². The summed E-state index contributed by atoms with van der Waals surface area (Å²) in [6.07, 6.45) is 3.25. The lowest BCUT2D eigenvalue weighted by Crippen LogP contribution is -2.33. The zero-order valence-corrected chi connectivity index (χ0v) is 14.9. The molecule has 1 aliphatic heterocycles. The third-order valence-corrected chi connectivity index (χ3v) is 5.72. The highest BCUT2D eigenvalue weighted by Gasteiger charge is 2.29. The molecular formula is C21H23ClO3.